The third kappa shape index (κ3) is 2.24. The summed E-state index contributed by atoms with van der Waals surface area (Å²) in [6, 6.07) is 4.65. The highest BCUT2D eigenvalue weighted by atomic mass is 32.2. The Morgan fingerprint density at radius 1 is 1.28 bits per heavy atom. The summed E-state index contributed by atoms with van der Waals surface area (Å²) in [4.78, 5) is 35.7. The van der Waals surface area contributed by atoms with E-state index in [0.717, 1.165) is 10.5 Å². The normalized spacial score (nSPS) is 15.9. The van der Waals surface area contributed by atoms with E-state index < -0.39 is 5.97 Å². The van der Waals surface area contributed by atoms with Gasteiger partial charge in [0.1, 0.15) is 0 Å². The van der Waals surface area contributed by atoms with Crippen molar-refractivity contribution in [2.75, 3.05) is 16.4 Å². The minimum absolute atomic E-state index is 0.0244. The summed E-state index contributed by atoms with van der Waals surface area (Å²) in [5.41, 5.74) is 0.898. The number of anilines is 1. The molecule has 0 saturated carbocycles. The number of aromatic carboxylic acids is 1. The molecule has 6 heteroatoms. The zero-order chi connectivity index (χ0) is 13.3. The SMILES string of the molecule is Cc1ccc(N2C(=O)CSCC2=O)c(C(=O)O)c1. The first-order chi connectivity index (χ1) is 8.50. The number of thioether (sulfide) groups is 1. The van der Waals surface area contributed by atoms with Gasteiger partial charge in [0, 0.05) is 0 Å². The summed E-state index contributed by atoms with van der Waals surface area (Å²) in [6.45, 7) is 1.76. The third-order valence-electron chi connectivity index (χ3n) is 2.57. The Labute approximate surface area is 108 Å². The summed E-state index contributed by atoms with van der Waals surface area (Å²) in [5, 5.41) is 9.14. The van der Waals surface area contributed by atoms with Gasteiger partial charge in [-0.25, -0.2) is 9.69 Å². The van der Waals surface area contributed by atoms with Gasteiger partial charge in [-0.05, 0) is 19.1 Å². The topological polar surface area (TPSA) is 74.7 Å². The monoisotopic (exact) mass is 265 g/mol. The molecule has 18 heavy (non-hydrogen) atoms. The van der Waals surface area contributed by atoms with Crippen LogP contribution in [0.25, 0.3) is 0 Å². The van der Waals surface area contributed by atoms with Crippen molar-refractivity contribution in [1.29, 1.82) is 0 Å². The molecule has 0 bridgehead atoms. The van der Waals surface area contributed by atoms with Crippen LogP contribution >= 0.6 is 11.8 Å². The second kappa shape index (κ2) is 4.81. The number of hydrogen-bond acceptors (Lipinski definition) is 4. The molecule has 0 spiro atoms. The zero-order valence-electron chi connectivity index (χ0n) is 9.67. The van der Waals surface area contributed by atoms with Gasteiger partial charge in [0.2, 0.25) is 11.8 Å². The molecule has 0 aliphatic carbocycles. The average molecular weight is 265 g/mol. The molecule has 1 aliphatic heterocycles. The second-order valence-corrected chi connectivity index (χ2v) is 4.93. The van der Waals surface area contributed by atoms with Gasteiger partial charge in [0.15, 0.2) is 0 Å². The highest BCUT2D eigenvalue weighted by molar-refractivity contribution is 8.00. The molecule has 1 heterocycles. The number of carbonyl (C=O) groups is 3. The number of carboxylic acids is 1. The summed E-state index contributed by atoms with van der Waals surface area (Å²) in [6.07, 6.45) is 0. The Morgan fingerprint density at radius 3 is 2.44 bits per heavy atom. The maximum Gasteiger partial charge on any atom is 0.337 e. The maximum absolute atomic E-state index is 11.8. The molecule has 1 N–H and O–H groups in total. The van der Waals surface area contributed by atoms with E-state index in [9.17, 15) is 14.4 Å². The van der Waals surface area contributed by atoms with Crippen molar-refractivity contribution in [2.45, 2.75) is 6.92 Å². The molecule has 1 aromatic rings. The number of hydrogen-bond donors (Lipinski definition) is 1. The van der Waals surface area contributed by atoms with Crippen molar-refractivity contribution in [3.63, 3.8) is 0 Å². The first kappa shape index (κ1) is 12.6. The van der Waals surface area contributed by atoms with Crippen molar-refractivity contribution >= 4 is 35.2 Å². The lowest BCUT2D eigenvalue weighted by atomic mass is 10.1. The van der Waals surface area contributed by atoms with E-state index in [1.165, 1.54) is 23.9 Å². The molecule has 1 fully saturated rings. The predicted molar refractivity (Wildman–Crippen MR) is 68.0 cm³/mol. The zero-order valence-corrected chi connectivity index (χ0v) is 10.5. The van der Waals surface area contributed by atoms with E-state index in [0.29, 0.717) is 0 Å². The molecule has 1 aromatic carbocycles. The van der Waals surface area contributed by atoms with Gasteiger partial charge >= 0.3 is 5.97 Å². The predicted octanol–water partition coefficient (Wildman–Crippen LogP) is 1.30. The molecule has 2 amide bonds. The van der Waals surface area contributed by atoms with Gasteiger partial charge < -0.3 is 5.11 Å². The maximum atomic E-state index is 11.8. The van der Waals surface area contributed by atoms with Crippen molar-refractivity contribution < 1.29 is 19.5 Å². The van der Waals surface area contributed by atoms with Gasteiger partial charge in [0.25, 0.3) is 0 Å². The Hall–Kier alpha value is -1.82. The minimum Gasteiger partial charge on any atom is -0.478 e. The lowest BCUT2D eigenvalue weighted by Crippen LogP contribution is -2.43. The quantitative estimate of drug-likeness (QED) is 0.816. The Morgan fingerprint density at radius 2 is 1.89 bits per heavy atom. The molecule has 0 unspecified atom stereocenters. The molecule has 0 radical (unpaired) electrons. The Balaban J connectivity index is 2.52. The van der Waals surface area contributed by atoms with Crippen molar-refractivity contribution in [2.24, 2.45) is 0 Å². The van der Waals surface area contributed by atoms with Crippen LogP contribution < -0.4 is 4.90 Å². The smallest absolute Gasteiger partial charge is 0.337 e. The number of carbonyl (C=O) groups excluding carboxylic acids is 2. The second-order valence-electron chi connectivity index (χ2n) is 3.94. The van der Waals surface area contributed by atoms with Gasteiger partial charge in [0.05, 0.1) is 22.8 Å². The molecule has 1 saturated heterocycles. The number of benzene rings is 1. The number of amides is 2. The summed E-state index contributed by atoms with van der Waals surface area (Å²) in [7, 11) is 0. The molecule has 2 rings (SSSR count). The van der Waals surface area contributed by atoms with E-state index in [1.807, 2.05) is 0 Å². The van der Waals surface area contributed by atoms with Crippen molar-refractivity contribution in [3.05, 3.63) is 29.3 Å². The van der Waals surface area contributed by atoms with Crippen LogP contribution in [0.2, 0.25) is 0 Å². The molecule has 5 nitrogen and oxygen atoms in total. The Kier molecular flexibility index (Phi) is 3.38. The molecule has 0 aromatic heterocycles. The molecular weight excluding hydrogens is 254 g/mol. The number of nitrogens with zero attached hydrogens (tertiary/aromatic N) is 1. The van der Waals surface area contributed by atoms with Crippen LogP contribution in [0.4, 0.5) is 5.69 Å². The van der Waals surface area contributed by atoms with Crippen LogP contribution in [0.1, 0.15) is 15.9 Å². The van der Waals surface area contributed by atoms with Gasteiger partial charge in [-0.2, -0.15) is 0 Å². The van der Waals surface area contributed by atoms with Gasteiger partial charge in [-0.3, -0.25) is 9.59 Å². The van der Waals surface area contributed by atoms with Crippen LogP contribution in [-0.2, 0) is 9.59 Å². The molecule has 94 valence electrons. The highest BCUT2D eigenvalue weighted by Gasteiger charge is 2.30. The van der Waals surface area contributed by atoms with E-state index in [2.05, 4.69) is 0 Å². The summed E-state index contributed by atoms with van der Waals surface area (Å²) < 4.78 is 0. The fourth-order valence-electron chi connectivity index (χ4n) is 1.78. The fraction of sp³-hybridized carbons (Fsp3) is 0.250. The van der Waals surface area contributed by atoms with E-state index in [-0.39, 0.29) is 34.6 Å². The van der Waals surface area contributed by atoms with Gasteiger partial charge in [-0.1, -0.05) is 11.6 Å². The number of rotatable bonds is 2. The fourth-order valence-corrected chi connectivity index (χ4v) is 2.49. The van der Waals surface area contributed by atoms with Crippen LogP contribution in [-0.4, -0.2) is 34.4 Å². The number of aryl methyl sites for hydroxylation is 1. The first-order valence-electron chi connectivity index (χ1n) is 5.28. The molecule has 0 atom stereocenters. The standard InChI is InChI=1S/C12H11NO4S/c1-7-2-3-9(8(4-7)12(16)17)13-10(14)5-18-6-11(13)15/h2-4H,5-6H2,1H3,(H,16,17). The minimum atomic E-state index is -1.15. The van der Waals surface area contributed by atoms with Crippen LogP contribution in [0.15, 0.2) is 18.2 Å². The van der Waals surface area contributed by atoms with Crippen molar-refractivity contribution in [1.82, 2.24) is 0 Å². The number of carboxylic acid groups (broad SMARTS) is 1. The van der Waals surface area contributed by atoms with Gasteiger partial charge in [-0.15, -0.1) is 11.8 Å². The number of imide groups is 1. The molecule has 1 aliphatic rings. The largest absolute Gasteiger partial charge is 0.478 e. The lowest BCUT2D eigenvalue weighted by Gasteiger charge is -2.25. The average Bonchev–Trinajstić information content (AvgIpc) is 2.30. The van der Waals surface area contributed by atoms with Crippen LogP contribution in [0, 0.1) is 6.92 Å². The van der Waals surface area contributed by atoms with Crippen LogP contribution in [0.3, 0.4) is 0 Å². The lowest BCUT2D eigenvalue weighted by molar-refractivity contribution is -0.124. The Bertz CT molecular complexity index is 525. The summed E-state index contributed by atoms with van der Waals surface area (Å²) >= 11 is 1.24. The summed E-state index contributed by atoms with van der Waals surface area (Å²) in [5.74, 6) is -1.50. The van der Waals surface area contributed by atoms with E-state index in [4.69, 9.17) is 5.11 Å². The van der Waals surface area contributed by atoms with E-state index in [1.54, 1.807) is 13.0 Å². The van der Waals surface area contributed by atoms with Crippen molar-refractivity contribution in [3.8, 4) is 0 Å². The van der Waals surface area contributed by atoms with Crippen LogP contribution in [0.5, 0.6) is 0 Å². The molecular formula is C12H11NO4S. The highest BCUT2D eigenvalue weighted by Crippen LogP contribution is 2.26. The van der Waals surface area contributed by atoms with E-state index >= 15 is 0 Å². The third-order valence-corrected chi connectivity index (χ3v) is 3.48. The first-order valence-corrected chi connectivity index (χ1v) is 6.43.